The first-order valence-electron chi connectivity index (χ1n) is 4.86. The second kappa shape index (κ2) is 5.43. The summed E-state index contributed by atoms with van der Waals surface area (Å²) in [6.45, 7) is 5.69. The molecule has 0 aliphatic carbocycles. The Hall–Kier alpha value is -1.31. The van der Waals surface area contributed by atoms with Crippen molar-refractivity contribution in [2.24, 2.45) is 0 Å². The lowest BCUT2D eigenvalue weighted by atomic mass is 10.1. The van der Waals surface area contributed by atoms with Gasteiger partial charge in [-0.25, -0.2) is 4.39 Å². The van der Waals surface area contributed by atoms with Crippen LogP contribution in [-0.2, 0) is 0 Å². The number of hydrogen-bond donors (Lipinski definition) is 1. The van der Waals surface area contributed by atoms with E-state index in [0.717, 1.165) is 12.8 Å². The van der Waals surface area contributed by atoms with Crippen LogP contribution in [0.15, 0.2) is 36.9 Å². The van der Waals surface area contributed by atoms with Crippen LogP contribution in [0.3, 0.4) is 0 Å². The van der Waals surface area contributed by atoms with Gasteiger partial charge in [0.2, 0.25) is 0 Å². The average molecular weight is 193 g/mol. The predicted octanol–water partition coefficient (Wildman–Crippen LogP) is 3.59. The van der Waals surface area contributed by atoms with Gasteiger partial charge in [-0.1, -0.05) is 18.2 Å². The second-order valence-corrected chi connectivity index (χ2v) is 3.39. The third-order valence-electron chi connectivity index (χ3n) is 2.08. The van der Waals surface area contributed by atoms with Crippen molar-refractivity contribution < 1.29 is 4.39 Å². The maximum Gasteiger partial charge on any atom is 0.146 e. The Morgan fingerprint density at radius 1 is 1.50 bits per heavy atom. The second-order valence-electron chi connectivity index (χ2n) is 3.39. The molecule has 0 aliphatic rings. The molecule has 1 aromatic carbocycles. The van der Waals surface area contributed by atoms with Crippen molar-refractivity contribution in [3.63, 3.8) is 0 Å². The molecule has 0 aromatic heterocycles. The number of halogens is 1. The first-order valence-corrected chi connectivity index (χ1v) is 4.86. The number of anilines is 1. The molecule has 0 bridgehead atoms. The smallest absolute Gasteiger partial charge is 0.146 e. The Balaban J connectivity index is 2.51. The number of para-hydroxylation sites is 1. The highest BCUT2D eigenvalue weighted by Gasteiger charge is 2.03. The Bertz CT molecular complexity index is 296. The van der Waals surface area contributed by atoms with E-state index < -0.39 is 0 Å². The topological polar surface area (TPSA) is 12.0 Å². The Morgan fingerprint density at radius 3 is 2.86 bits per heavy atom. The third kappa shape index (κ3) is 3.21. The van der Waals surface area contributed by atoms with E-state index in [1.807, 2.05) is 19.1 Å². The number of hydrogen-bond acceptors (Lipinski definition) is 1. The lowest BCUT2D eigenvalue weighted by Gasteiger charge is -2.14. The Kier molecular flexibility index (Phi) is 4.17. The van der Waals surface area contributed by atoms with Gasteiger partial charge >= 0.3 is 0 Å². The third-order valence-corrected chi connectivity index (χ3v) is 2.08. The predicted molar refractivity (Wildman–Crippen MR) is 58.9 cm³/mol. The highest BCUT2D eigenvalue weighted by molar-refractivity contribution is 5.44. The minimum Gasteiger partial charge on any atom is -0.380 e. The van der Waals surface area contributed by atoms with E-state index in [1.165, 1.54) is 6.07 Å². The molecule has 0 fully saturated rings. The average Bonchev–Trinajstić information content (AvgIpc) is 2.18. The van der Waals surface area contributed by atoms with Crippen molar-refractivity contribution >= 4 is 5.69 Å². The Morgan fingerprint density at radius 2 is 2.21 bits per heavy atom. The van der Waals surface area contributed by atoms with E-state index in [1.54, 1.807) is 12.1 Å². The normalized spacial score (nSPS) is 12.1. The molecule has 0 unspecified atom stereocenters. The molecule has 1 N–H and O–H groups in total. The van der Waals surface area contributed by atoms with Crippen molar-refractivity contribution in [1.29, 1.82) is 0 Å². The summed E-state index contributed by atoms with van der Waals surface area (Å²) in [5.41, 5.74) is 0.573. The highest BCUT2D eigenvalue weighted by Crippen LogP contribution is 2.14. The van der Waals surface area contributed by atoms with Gasteiger partial charge in [0.05, 0.1) is 5.69 Å². The molecule has 0 aliphatic heterocycles. The minimum atomic E-state index is -0.196. The minimum absolute atomic E-state index is 0.196. The molecular weight excluding hydrogens is 177 g/mol. The molecule has 0 saturated carbocycles. The lowest BCUT2D eigenvalue weighted by molar-refractivity contribution is 0.622. The van der Waals surface area contributed by atoms with Crippen molar-refractivity contribution in [2.75, 3.05) is 5.32 Å². The van der Waals surface area contributed by atoms with E-state index in [0.29, 0.717) is 5.69 Å². The molecule has 0 spiro atoms. The van der Waals surface area contributed by atoms with E-state index in [2.05, 4.69) is 11.9 Å². The van der Waals surface area contributed by atoms with Gasteiger partial charge in [0, 0.05) is 6.04 Å². The molecule has 1 nitrogen and oxygen atoms in total. The van der Waals surface area contributed by atoms with Gasteiger partial charge in [-0.2, -0.15) is 0 Å². The van der Waals surface area contributed by atoms with Crippen LogP contribution >= 0.6 is 0 Å². The summed E-state index contributed by atoms with van der Waals surface area (Å²) < 4.78 is 13.2. The van der Waals surface area contributed by atoms with Gasteiger partial charge in [0.1, 0.15) is 5.82 Å². The van der Waals surface area contributed by atoms with Crippen LogP contribution in [0.1, 0.15) is 19.8 Å². The van der Waals surface area contributed by atoms with Crippen LogP contribution < -0.4 is 5.32 Å². The monoisotopic (exact) mass is 193 g/mol. The van der Waals surface area contributed by atoms with E-state index in [9.17, 15) is 4.39 Å². The summed E-state index contributed by atoms with van der Waals surface area (Å²) in [4.78, 5) is 0. The molecule has 1 atom stereocenters. The molecule has 0 radical (unpaired) electrons. The van der Waals surface area contributed by atoms with E-state index in [-0.39, 0.29) is 11.9 Å². The number of rotatable bonds is 5. The zero-order chi connectivity index (χ0) is 10.4. The van der Waals surface area contributed by atoms with Crippen molar-refractivity contribution in [3.05, 3.63) is 42.7 Å². The van der Waals surface area contributed by atoms with Gasteiger partial charge in [-0.3, -0.25) is 0 Å². The SMILES string of the molecule is C=CCC[C@H](C)Nc1ccccc1F. The van der Waals surface area contributed by atoms with Gasteiger partial charge in [0.25, 0.3) is 0 Å². The standard InChI is InChI=1S/C12H16FN/c1-3-4-7-10(2)14-12-9-6-5-8-11(12)13/h3,5-6,8-10,14H,1,4,7H2,2H3/t10-/m0/s1. The van der Waals surface area contributed by atoms with Crippen LogP contribution in [0.2, 0.25) is 0 Å². The fourth-order valence-corrected chi connectivity index (χ4v) is 1.28. The molecular formula is C12H16FN. The van der Waals surface area contributed by atoms with Gasteiger partial charge in [0.15, 0.2) is 0 Å². The van der Waals surface area contributed by atoms with Crippen LogP contribution in [0.5, 0.6) is 0 Å². The highest BCUT2D eigenvalue weighted by atomic mass is 19.1. The maximum atomic E-state index is 13.2. The van der Waals surface area contributed by atoms with Crippen LogP contribution in [0, 0.1) is 5.82 Å². The first kappa shape index (κ1) is 10.8. The van der Waals surface area contributed by atoms with Crippen LogP contribution in [0.25, 0.3) is 0 Å². The van der Waals surface area contributed by atoms with Gasteiger partial charge in [-0.05, 0) is 31.9 Å². The maximum absolute atomic E-state index is 13.2. The van der Waals surface area contributed by atoms with Crippen molar-refractivity contribution in [3.8, 4) is 0 Å². The summed E-state index contributed by atoms with van der Waals surface area (Å²) in [6, 6.07) is 6.99. The molecule has 1 rings (SSSR count). The largest absolute Gasteiger partial charge is 0.380 e. The fraction of sp³-hybridized carbons (Fsp3) is 0.333. The van der Waals surface area contributed by atoms with Crippen LogP contribution in [0.4, 0.5) is 10.1 Å². The zero-order valence-electron chi connectivity index (χ0n) is 8.46. The molecule has 1 aromatic rings. The summed E-state index contributed by atoms with van der Waals surface area (Å²) in [6.07, 6.45) is 3.79. The number of benzene rings is 1. The summed E-state index contributed by atoms with van der Waals surface area (Å²) in [5, 5.41) is 3.12. The molecule has 0 heterocycles. The lowest BCUT2D eigenvalue weighted by Crippen LogP contribution is -2.15. The molecule has 2 heteroatoms. The Labute approximate surface area is 84.6 Å². The van der Waals surface area contributed by atoms with Crippen molar-refractivity contribution in [1.82, 2.24) is 0 Å². The van der Waals surface area contributed by atoms with Gasteiger partial charge < -0.3 is 5.32 Å². The number of allylic oxidation sites excluding steroid dienone is 1. The quantitative estimate of drug-likeness (QED) is 0.704. The summed E-state index contributed by atoms with van der Waals surface area (Å²) in [7, 11) is 0. The number of nitrogens with one attached hydrogen (secondary N) is 1. The molecule has 76 valence electrons. The zero-order valence-corrected chi connectivity index (χ0v) is 8.46. The van der Waals surface area contributed by atoms with Crippen molar-refractivity contribution in [2.45, 2.75) is 25.8 Å². The van der Waals surface area contributed by atoms with Crippen LogP contribution in [-0.4, -0.2) is 6.04 Å². The first-order chi connectivity index (χ1) is 6.74. The van der Waals surface area contributed by atoms with E-state index in [4.69, 9.17) is 0 Å². The molecule has 0 amide bonds. The van der Waals surface area contributed by atoms with Gasteiger partial charge in [-0.15, -0.1) is 6.58 Å². The molecule has 14 heavy (non-hydrogen) atoms. The van der Waals surface area contributed by atoms with E-state index >= 15 is 0 Å². The molecule has 0 saturated heterocycles. The summed E-state index contributed by atoms with van der Waals surface area (Å²) >= 11 is 0. The fourth-order valence-electron chi connectivity index (χ4n) is 1.28. The summed E-state index contributed by atoms with van der Waals surface area (Å²) in [5.74, 6) is -0.196.